The van der Waals surface area contributed by atoms with Gasteiger partial charge in [-0.05, 0) is 42.3 Å². The zero-order chi connectivity index (χ0) is 13.9. The lowest BCUT2D eigenvalue weighted by Crippen LogP contribution is -1.79. The normalized spacial score (nSPS) is 11.8. The number of oxazole rings is 1. The molecule has 2 heteroatoms. The molecule has 0 saturated carbocycles. The van der Waals surface area contributed by atoms with Crippen LogP contribution in [0.3, 0.4) is 0 Å². The van der Waals surface area contributed by atoms with Gasteiger partial charge in [-0.15, -0.1) is 0 Å². The Kier molecular flexibility index (Phi) is 3.21. The van der Waals surface area contributed by atoms with Crippen molar-refractivity contribution < 1.29 is 4.42 Å². The molecule has 20 heavy (non-hydrogen) atoms. The molecule has 3 rings (SSSR count). The molecular formula is C18H15NO. The summed E-state index contributed by atoms with van der Waals surface area (Å²) in [5, 5.41) is 0. The van der Waals surface area contributed by atoms with E-state index in [0.717, 1.165) is 27.8 Å². The molecule has 0 aliphatic carbocycles. The average Bonchev–Trinajstić information content (AvgIpc) is 2.91. The summed E-state index contributed by atoms with van der Waals surface area (Å²) in [6, 6.07) is 16.0. The molecule has 1 heterocycles. The summed E-state index contributed by atoms with van der Waals surface area (Å²) in [7, 11) is 0. The highest BCUT2D eigenvalue weighted by atomic mass is 16.3. The molecule has 0 spiro atoms. The lowest BCUT2D eigenvalue weighted by Gasteiger charge is -1.98. The predicted molar refractivity (Wildman–Crippen MR) is 83.3 cm³/mol. The summed E-state index contributed by atoms with van der Waals surface area (Å²) in [6.45, 7) is 5.78. The molecule has 0 amide bonds. The monoisotopic (exact) mass is 261 g/mol. The van der Waals surface area contributed by atoms with Gasteiger partial charge in [-0.25, -0.2) is 4.98 Å². The minimum absolute atomic E-state index is 0.656. The Labute approximate surface area is 118 Å². The van der Waals surface area contributed by atoms with E-state index < -0.39 is 0 Å². The van der Waals surface area contributed by atoms with E-state index >= 15 is 0 Å². The van der Waals surface area contributed by atoms with E-state index in [1.54, 1.807) is 6.08 Å². The standard InChI is InChI=1S/C18H15NO/c1-3-7-13(2)15-10-11-17-16(12-15)19-18(20-17)14-8-5-4-6-9-14/h3-12H,1H2,2H3/b13-7+. The van der Waals surface area contributed by atoms with Crippen LogP contribution in [0.2, 0.25) is 0 Å². The van der Waals surface area contributed by atoms with Crippen molar-refractivity contribution in [2.24, 2.45) is 0 Å². The van der Waals surface area contributed by atoms with Gasteiger partial charge in [-0.2, -0.15) is 0 Å². The third-order valence-electron chi connectivity index (χ3n) is 3.23. The van der Waals surface area contributed by atoms with Gasteiger partial charge in [0, 0.05) is 5.56 Å². The highest BCUT2D eigenvalue weighted by Crippen LogP contribution is 2.26. The third kappa shape index (κ3) is 2.28. The third-order valence-corrected chi connectivity index (χ3v) is 3.23. The first kappa shape index (κ1) is 12.4. The molecular weight excluding hydrogens is 246 g/mol. The molecule has 0 unspecified atom stereocenters. The number of allylic oxidation sites excluding steroid dienone is 3. The number of fused-ring (bicyclic) bond motifs is 1. The van der Waals surface area contributed by atoms with Gasteiger partial charge in [0.25, 0.3) is 0 Å². The number of benzene rings is 2. The Bertz CT molecular complexity index is 782. The molecule has 0 aliphatic heterocycles. The Morgan fingerprint density at radius 1 is 1.15 bits per heavy atom. The molecule has 0 saturated heterocycles. The summed E-state index contributed by atoms with van der Waals surface area (Å²) >= 11 is 0. The van der Waals surface area contributed by atoms with Crippen LogP contribution in [0.4, 0.5) is 0 Å². The highest BCUT2D eigenvalue weighted by molar-refractivity contribution is 5.81. The van der Waals surface area contributed by atoms with Crippen molar-refractivity contribution in [1.82, 2.24) is 4.98 Å². The lowest BCUT2D eigenvalue weighted by molar-refractivity contribution is 0.620. The van der Waals surface area contributed by atoms with E-state index in [1.807, 2.05) is 54.6 Å². The number of nitrogens with zero attached hydrogens (tertiary/aromatic N) is 1. The molecule has 2 aromatic carbocycles. The Hall–Kier alpha value is -2.61. The van der Waals surface area contributed by atoms with Gasteiger partial charge in [-0.3, -0.25) is 0 Å². The van der Waals surface area contributed by atoms with Crippen LogP contribution in [-0.4, -0.2) is 4.98 Å². The van der Waals surface area contributed by atoms with Gasteiger partial charge < -0.3 is 4.42 Å². The summed E-state index contributed by atoms with van der Waals surface area (Å²) in [5.74, 6) is 0.656. The highest BCUT2D eigenvalue weighted by Gasteiger charge is 2.08. The van der Waals surface area contributed by atoms with Crippen LogP contribution in [0.15, 0.2) is 71.7 Å². The summed E-state index contributed by atoms with van der Waals surface area (Å²) in [4.78, 5) is 4.57. The summed E-state index contributed by atoms with van der Waals surface area (Å²) in [6.07, 6.45) is 3.77. The van der Waals surface area contributed by atoms with Crippen molar-refractivity contribution in [3.05, 3.63) is 72.8 Å². The van der Waals surface area contributed by atoms with E-state index in [9.17, 15) is 0 Å². The van der Waals surface area contributed by atoms with E-state index in [4.69, 9.17) is 4.42 Å². The first-order valence-corrected chi connectivity index (χ1v) is 6.53. The molecule has 98 valence electrons. The van der Waals surface area contributed by atoms with Crippen LogP contribution in [0.25, 0.3) is 28.1 Å². The van der Waals surface area contributed by atoms with Crippen molar-refractivity contribution in [2.45, 2.75) is 6.92 Å². The maximum absolute atomic E-state index is 5.80. The van der Waals surface area contributed by atoms with Crippen molar-refractivity contribution in [1.29, 1.82) is 0 Å². The number of aromatic nitrogens is 1. The quantitative estimate of drug-likeness (QED) is 0.614. The molecule has 1 aromatic heterocycles. The second-order valence-corrected chi connectivity index (χ2v) is 4.65. The minimum atomic E-state index is 0.656. The average molecular weight is 261 g/mol. The second-order valence-electron chi connectivity index (χ2n) is 4.65. The second kappa shape index (κ2) is 5.17. The first-order chi connectivity index (χ1) is 9.78. The minimum Gasteiger partial charge on any atom is -0.436 e. The van der Waals surface area contributed by atoms with Crippen LogP contribution >= 0.6 is 0 Å². The van der Waals surface area contributed by atoms with Crippen molar-refractivity contribution in [3.63, 3.8) is 0 Å². The first-order valence-electron chi connectivity index (χ1n) is 6.53. The molecule has 0 aliphatic rings. The van der Waals surface area contributed by atoms with E-state index in [1.165, 1.54) is 0 Å². The molecule has 0 atom stereocenters. The molecule has 0 fully saturated rings. The van der Waals surface area contributed by atoms with E-state index in [0.29, 0.717) is 5.89 Å². The summed E-state index contributed by atoms with van der Waals surface area (Å²) < 4.78 is 5.80. The molecule has 0 bridgehead atoms. The molecule has 2 nitrogen and oxygen atoms in total. The largest absolute Gasteiger partial charge is 0.436 e. The number of hydrogen-bond acceptors (Lipinski definition) is 2. The SMILES string of the molecule is C=C/C=C(\C)c1ccc2oc(-c3ccccc3)nc2c1. The van der Waals surface area contributed by atoms with Crippen molar-refractivity contribution >= 4 is 16.7 Å². The van der Waals surface area contributed by atoms with Crippen molar-refractivity contribution in [2.75, 3.05) is 0 Å². The Balaban J connectivity index is 2.08. The topological polar surface area (TPSA) is 26.0 Å². The predicted octanol–water partition coefficient (Wildman–Crippen LogP) is 5.08. The lowest BCUT2D eigenvalue weighted by atomic mass is 10.1. The van der Waals surface area contributed by atoms with Crippen LogP contribution in [0.1, 0.15) is 12.5 Å². The smallest absolute Gasteiger partial charge is 0.227 e. The van der Waals surface area contributed by atoms with E-state index in [2.05, 4.69) is 18.5 Å². The Morgan fingerprint density at radius 3 is 2.70 bits per heavy atom. The van der Waals surface area contributed by atoms with Gasteiger partial charge in [0.2, 0.25) is 5.89 Å². The maximum Gasteiger partial charge on any atom is 0.227 e. The number of hydrogen-bond donors (Lipinski definition) is 0. The fourth-order valence-corrected chi connectivity index (χ4v) is 2.15. The van der Waals surface area contributed by atoms with Crippen LogP contribution < -0.4 is 0 Å². The molecule has 3 aromatic rings. The van der Waals surface area contributed by atoms with Crippen LogP contribution in [0, 0.1) is 0 Å². The summed E-state index contributed by atoms with van der Waals surface area (Å²) in [5.41, 5.74) is 4.96. The fourth-order valence-electron chi connectivity index (χ4n) is 2.15. The van der Waals surface area contributed by atoms with Gasteiger partial charge in [0.15, 0.2) is 5.58 Å². The maximum atomic E-state index is 5.80. The van der Waals surface area contributed by atoms with Gasteiger partial charge in [-0.1, -0.05) is 43.0 Å². The molecule has 0 radical (unpaired) electrons. The van der Waals surface area contributed by atoms with Crippen molar-refractivity contribution in [3.8, 4) is 11.5 Å². The van der Waals surface area contributed by atoms with Crippen LogP contribution in [0.5, 0.6) is 0 Å². The number of rotatable bonds is 3. The van der Waals surface area contributed by atoms with Crippen LogP contribution in [-0.2, 0) is 0 Å². The van der Waals surface area contributed by atoms with Gasteiger partial charge >= 0.3 is 0 Å². The zero-order valence-corrected chi connectivity index (χ0v) is 11.3. The van der Waals surface area contributed by atoms with E-state index in [-0.39, 0.29) is 0 Å². The van der Waals surface area contributed by atoms with Gasteiger partial charge in [0.05, 0.1) is 0 Å². The zero-order valence-electron chi connectivity index (χ0n) is 11.3. The molecule has 0 N–H and O–H groups in total. The van der Waals surface area contributed by atoms with Gasteiger partial charge in [0.1, 0.15) is 5.52 Å². The Morgan fingerprint density at radius 2 is 1.95 bits per heavy atom. The fraction of sp³-hybridized carbons (Fsp3) is 0.0556.